The van der Waals surface area contributed by atoms with Crippen LogP contribution in [0.2, 0.25) is 0 Å². The Kier molecular flexibility index (Phi) is 7.37. The van der Waals surface area contributed by atoms with Gasteiger partial charge in [0.1, 0.15) is 0 Å². The largest absolute Gasteiger partial charge is 0.374 e. The minimum absolute atomic E-state index is 0.126. The van der Waals surface area contributed by atoms with E-state index in [0.29, 0.717) is 18.1 Å². The molecule has 0 unspecified atom stereocenters. The summed E-state index contributed by atoms with van der Waals surface area (Å²) in [5.74, 6) is -0.126. The SMILES string of the molecule is O=S(=O)(C[C@@H](COCc1ccccc1)OCc1ccccc1)c1ccccc1. The van der Waals surface area contributed by atoms with Crippen molar-refractivity contribution in [1.29, 1.82) is 0 Å². The van der Waals surface area contributed by atoms with E-state index in [1.54, 1.807) is 30.3 Å². The van der Waals surface area contributed by atoms with Crippen molar-refractivity contribution in [2.75, 3.05) is 12.4 Å². The Labute approximate surface area is 166 Å². The van der Waals surface area contributed by atoms with Gasteiger partial charge < -0.3 is 9.47 Å². The second kappa shape index (κ2) is 10.2. The van der Waals surface area contributed by atoms with Crippen LogP contribution in [-0.2, 0) is 32.5 Å². The minimum atomic E-state index is -3.46. The zero-order valence-electron chi connectivity index (χ0n) is 15.6. The third-order valence-electron chi connectivity index (χ3n) is 4.25. The summed E-state index contributed by atoms with van der Waals surface area (Å²) >= 11 is 0. The lowest BCUT2D eigenvalue weighted by Gasteiger charge is -2.18. The first kappa shape index (κ1) is 20.3. The van der Waals surface area contributed by atoms with Gasteiger partial charge in [0.2, 0.25) is 0 Å². The molecule has 0 N–H and O–H groups in total. The molecule has 0 spiro atoms. The first-order chi connectivity index (χ1) is 13.6. The van der Waals surface area contributed by atoms with Crippen LogP contribution in [0.3, 0.4) is 0 Å². The highest BCUT2D eigenvalue weighted by Crippen LogP contribution is 2.15. The maximum absolute atomic E-state index is 12.8. The lowest BCUT2D eigenvalue weighted by atomic mass is 10.2. The lowest BCUT2D eigenvalue weighted by molar-refractivity contribution is -0.0181. The molecule has 5 heteroatoms. The summed E-state index contributed by atoms with van der Waals surface area (Å²) in [4.78, 5) is 0.298. The lowest BCUT2D eigenvalue weighted by Crippen LogP contribution is -2.29. The van der Waals surface area contributed by atoms with Crippen LogP contribution in [0.15, 0.2) is 95.9 Å². The second-order valence-corrected chi connectivity index (χ2v) is 8.55. The number of sulfone groups is 1. The number of ether oxygens (including phenoxy) is 2. The molecule has 0 amide bonds. The van der Waals surface area contributed by atoms with Crippen LogP contribution in [0.5, 0.6) is 0 Å². The normalized spacial score (nSPS) is 12.6. The summed E-state index contributed by atoms with van der Waals surface area (Å²) in [6.45, 7) is 0.954. The van der Waals surface area contributed by atoms with E-state index in [2.05, 4.69) is 0 Å². The fourth-order valence-electron chi connectivity index (χ4n) is 2.78. The van der Waals surface area contributed by atoms with Crippen molar-refractivity contribution in [3.05, 3.63) is 102 Å². The average molecular weight is 397 g/mol. The molecule has 0 aliphatic heterocycles. The predicted octanol–water partition coefficient (Wildman–Crippen LogP) is 4.26. The summed E-state index contributed by atoms with van der Waals surface area (Å²) in [5.41, 5.74) is 2.03. The van der Waals surface area contributed by atoms with Gasteiger partial charge in [-0.3, -0.25) is 0 Å². The fourth-order valence-corrected chi connectivity index (χ4v) is 4.23. The second-order valence-electron chi connectivity index (χ2n) is 6.51. The van der Waals surface area contributed by atoms with Gasteiger partial charge >= 0.3 is 0 Å². The summed E-state index contributed by atoms with van der Waals surface area (Å²) in [6.07, 6.45) is -0.561. The summed E-state index contributed by atoms with van der Waals surface area (Å²) in [5, 5.41) is 0. The topological polar surface area (TPSA) is 52.6 Å². The highest BCUT2D eigenvalue weighted by Gasteiger charge is 2.22. The number of rotatable bonds is 10. The molecular formula is C23H24O4S. The molecule has 3 rings (SSSR count). The first-order valence-electron chi connectivity index (χ1n) is 9.18. The van der Waals surface area contributed by atoms with Crippen LogP contribution in [0.4, 0.5) is 0 Å². The fraction of sp³-hybridized carbons (Fsp3) is 0.217. The van der Waals surface area contributed by atoms with Gasteiger partial charge in [-0.05, 0) is 23.3 Å². The van der Waals surface area contributed by atoms with Gasteiger partial charge in [-0.25, -0.2) is 8.42 Å². The Morgan fingerprint density at radius 1 is 0.679 bits per heavy atom. The highest BCUT2D eigenvalue weighted by atomic mass is 32.2. The van der Waals surface area contributed by atoms with E-state index in [4.69, 9.17) is 9.47 Å². The molecule has 1 atom stereocenters. The van der Waals surface area contributed by atoms with E-state index in [-0.39, 0.29) is 12.4 Å². The van der Waals surface area contributed by atoms with Crippen LogP contribution < -0.4 is 0 Å². The molecule has 146 valence electrons. The van der Waals surface area contributed by atoms with Crippen LogP contribution >= 0.6 is 0 Å². The molecule has 0 fully saturated rings. The van der Waals surface area contributed by atoms with Gasteiger partial charge in [0.15, 0.2) is 9.84 Å². The zero-order valence-corrected chi connectivity index (χ0v) is 16.4. The van der Waals surface area contributed by atoms with Gasteiger partial charge in [0.25, 0.3) is 0 Å². The van der Waals surface area contributed by atoms with Crippen molar-refractivity contribution in [3.8, 4) is 0 Å². The van der Waals surface area contributed by atoms with Gasteiger partial charge in [-0.15, -0.1) is 0 Å². The standard InChI is InChI=1S/C23H24O4S/c24-28(25,23-14-8-3-9-15-23)19-22(27-17-21-12-6-2-7-13-21)18-26-16-20-10-4-1-5-11-20/h1-15,22H,16-19H2/t22-/m1/s1. The monoisotopic (exact) mass is 396 g/mol. The molecule has 0 aliphatic rings. The average Bonchev–Trinajstić information content (AvgIpc) is 2.74. The predicted molar refractivity (Wildman–Crippen MR) is 110 cm³/mol. The van der Waals surface area contributed by atoms with Crippen LogP contribution in [0, 0.1) is 0 Å². The maximum Gasteiger partial charge on any atom is 0.181 e. The van der Waals surface area contributed by atoms with Gasteiger partial charge in [-0.1, -0.05) is 78.9 Å². The zero-order chi connectivity index (χ0) is 19.7. The van der Waals surface area contributed by atoms with E-state index in [1.165, 1.54) is 0 Å². The van der Waals surface area contributed by atoms with Crippen molar-refractivity contribution >= 4 is 9.84 Å². The summed E-state index contributed by atoms with van der Waals surface area (Å²) < 4.78 is 37.2. The number of benzene rings is 3. The molecular weight excluding hydrogens is 372 g/mol. The van der Waals surface area contributed by atoms with E-state index in [9.17, 15) is 8.42 Å². The summed E-state index contributed by atoms with van der Waals surface area (Å²) in [6, 6.07) is 27.9. The molecule has 4 nitrogen and oxygen atoms in total. The Morgan fingerprint density at radius 2 is 1.18 bits per heavy atom. The van der Waals surface area contributed by atoms with Crippen molar-refractivity contribution < 1.29 is 17.9 Å². The van der Waals surface area contributed by atoms with Gasteiger partial charge in [0, 0.05) is 0 Å². The Morgan fingerprint density at radius 3 is 1.75 bits per heavy atom. The molecule has 0 radical (unpaired) electrons. The Balaban J connectivity index is 1.64. The van der Waals surface area contributed by atoms with E-state index in [1.807, 2.05) is 60.7 Å². The number of hydrogen-bond acceptors (Lipinski definition) is 4. The maximum atomic E-state index is 12.8. The van der Waals surface area contributed by atoms with E-state index >= 15 is 0 Å². The smallest absolute Gasteiger partial charge is 0.181 e. The van der Waals surface area contributed by atoms with E-state index < -0.39 is 15.9 Å². The van der Waals surface area contributed by atoms with Crippen molar-refractivity contribution in [1.82, 2.24) is 0 Å². The summed E-state index contributed by atoms with van der Waals surface area (Å²) in [7, 11) is -3.46. The minimum Gasteiger partial charge on any atom is -0.374 e. The number of hydrogen-bond donors (Lipinski definition) is 0. The Bertz CT molecular complexity index is 926. The van der Waals surface area contributed by atoms with Crippen LogP contribution in [0.25, 0.3) is 0 Å². The first-order valence-corrected chi connectivity index (χ1v) is 10.8. The third kappa shape index (κ3) is 6.30. The third-order valence-corrected chi connectivity index (χ3v) is 6.05. The molecule has 0 saturated carbocycles. The van der Waals surface area contributed by atoms with Gasteiger partial charge in [0.05, 0.1) is 36.6 Å². The van der Waals surface area contributed by atoms with Crippen molar-refractivity contribution in [3.63, 3.8) is 0 Å². The van der Waals surface area contributed by atoms with Crippen LogP contribution in [0.1, 0.15) is 11.1 Å². The molecule has 0 aromatic heterocycles. The van der Waals surface area contributed by atoms with Crippen molar-refractivity contribution in [2.45, 2.75) is 24.2 Å². The van der Waals surface area contributed by atoms with Crippen LogP contribution in [-0.4, -0.2) is 26.9 Å². The molecule has 0 heterocycles. The van der Waals surface area contributed by atoms with Gasteiger partial charge in [-0.2, -0.15) is 0 Å². The quantitative estimate of drug-likeness (QED) is 0.514. The molecule has 3 aromatic carbocycles. The molecule has 3 aromatic rings. The highest BCUT2D eigenvalue weighted by molar-refractivity contribution is 7.91. The molecule has 0 saturated heterocycles. The molecule has 0 bridgehead atoms. The van der Waals surface area contributed by atoms with Crippen molar-refractivity contribution in [2.24, 2.45) is 0 Å². The molecule has 0 aliphatic carbocycles. The molecule has 28 heavy (non-hydrogen) atoms. The Hall–Kier alpha value is -2.47. The van der Waals surface area contributed by atoms with E-state index in [0.717, 1.165) is 11.1 Å².